The third kappa shape index (κ3) is 4.57. The Hall–Kier alpha value is -4.99. The zero-order chi connectivity index (χ0) is 28.4. The quantitative estimate of drug-likeness (QED) is 0.345. The fraction of sp³-hybridized carbons (Fsp3) is 0.233. The standard InChI is InChI=1S/C30H29N5O5/c1-3-16-34-21-9-6-5-8-19(21)17-20(29(34)38)24-25-22(10-7-11-23(25)36)35(27(31)26(24)30(39)40-4-2)33-28(37)18-12-14-32-15-13-18/h3,5-6,8-9,12-15,17,24H,1,4,7,10-11,16,31H2,2H3,(H,33,37). The van der Waals surface area contributed by atoms with Gasteiger partial charge < -0.3 is 15.0 Å². The van der Waals surface area contributed by atoms with Crippen LogP contribution < -0.4 is 16.7 Å². The van der Waals surface area contributed by atoms with E-state index in [1.807, 2.05) is 24.3 Å². The summed E-state index contributed by atoms with van der Waals surface area (Å²) in [5, 5.41) is 2.04. The summed E-state index contributed by atoms with van der Waals surface area (Å²) >= 11 is 0. The smallest absolute Gasteiger partial charge is 0.338 e. The van der Waals surface area contributed by atoms with Crippen molar-refractivity contribution in [3.8, 4) is 0 Å². The van der Waals surface area contributed by atoms with Crippen molar-refractivity contribution in [2.45, 2.75) is 38.6 Å². The van der Waals surface area contributed by atoms with E-state index in [1.54, 1.807) is 23.6 Å². The number of hydrogen-bond acceptors (Lipinski definition) is 8. The van der Waals surface area contributed by atoms with Gasteiger partial charge in [-0.2, -0.15) is 0 Å². The molecule has 3 aromatic rings. The molecular formula is C30H29N5O5. The highest BCUT2D eigenvalue weighted by atomic mass is 16.5. The minimum Gasteiger partial charge on any atom is -0.463 e. The van der Waals surface area contributed by atoms with Crippen molar-refractivity contribution in [1.82, 2.24) is 20.0 Å². The van der Waals surface area contributed by atoms with Crippen LogP contribution in [-0.4, -0.2) is 38.8 Å². The molecule has 10 heteroatoms. The van der Waals surface area contributed by atoms with Crippen molar-refractivity contribution < 1.29 is 19.1 Å². The maximum atomic E-state index is 14.0. The van der Waals surface area contributed by atoms with Crippen LogP contribution in [0.4, 0.5) is 0 Å². The van der Waals surface area contributed by atoms with Crippen LogP contribution in [0.2, 0.25) is 0 Å². The average molecular weight is 540 g/mol. The lowest BCUT2D eigenvalue weighted by molar-refractivity contribution is -0.139. The highest BCUT2D eigenvalue weighted by Crippen LogP contribution is 2.44. The Balaban J connectivity index is 1.76. The number of nitrogens with two attached hydrogens (primary N) is 1. The van der Waals surface area contributed by atoms with Crippen LogP contribution in [-0.2, 0) is 20.9 Å². The number of rotatable bonds is 7. The van der Waals surface area contributed by atoms with Crippen molar-refractivity contribution in [2.75, 3.05) is 6.61 Å². The maximum Gasteiger partial charge on any atom is 0.338 e. The van der Waals surface area contributed by atoms with Crippen molar-refractivity contribution >= 4 is 28.6 Å². The zero-order valence-corrected chi connectivity index (χ0v) is 22.1. The molecule has 1 aromatic carbocycles. The SMILES string of the molecule is C=CCn1c(=O)c(C2C(C(=O)OCC)=C(N)N(NC(=O)c3ccncc3)C3=C2C(=O)CCC3)cc2ccccc21. The minimum absolute atomic E-state index is 0.0456. The number of esters is 1. The van der Waals surface area contributed by atoms with Gasteiger partial charge in [0.15, 0.2) is 5.78 Å². The number of fused-ring (bicyclic) bond motifs is 1. The van der Waals surface area contributed by atoms with Crippen molar-refractivity contribution in [3.05, 3.63) is 112 Å². The van der Waals surface area contributed by atoms with E-state index in [0.29, 0.717) is 29.6 Å². The molecule has 1 amide bonds. The zero-order valence-electron chi connectivity index (χ0n) is 22.1. The van der Waals surface area contributed by atoms with Crippen LogP contribution in [0.5, 0.6) is 0 Å². The van der Waals surface area contributed by atoms with Gasteiger partial charge in [0, 0.05) is 47.8 Å². The number of amides is 1. The van der Waals surface area contributed by atoms with E-state index in [9.17, 15) is 19.2 Å². The summed E-state index contributed by atoms with van der Waals surface area (Å²) in [6.45, 7) is 5.71. The van der Waals surface area contributed by atoms with Crippen LogP contribution in [0.25, 0.3) is 10.9 Å². The number of ether oxygens (including phenoxy) is 1. The molecule has 5 rings (SSSR count). The summed E-state index contributed by atoms with van der Waals surface area (Å²) in [7, 11) is 0. The number of ketones is 1. The average Bonchev–Trinajstić information content (AvgIpc) is 2.96. The van der Waals surface area contributed by atoms with Crippen molar-refractivity contribution in [1.29, 1.82) is 0 Å². The summed E-state index contributed by atoms with van der Waals surface area (Å²) in [6, 6.07) is 12.1. The molecule has 1 aliphatic carbocycles. The van der Waals surface area contributed by atoms with E-state index in [1.165, 1.54) is 29.5 Å². The number of para-hydroxylation sites is 1. The first-order valence-corrected chi connectivity index (χ1v) is 13.0. The fourth-order valence-corrected chi connectivity index (χ4v) is 5.37. The summed E-state index contributed by atoms with van der Waals surface area (Å²) in [4.78, 5) is 58.2. The molecule has 0 radical (unpaired) electrons. The van der Waals surface area contributed by atoms with Crippen LogP contribution in [0.15, 0.2) is 95.0 Å². The Morgan fingerprint density at radius 2 is 1.93 bits per heavy atom. The number of nitrogens with zero attached hydrogens (tertiary/aromatic N) is 3. The van der Waals surface area contributed by atoms with E-state index >= 15 is 0 Å². The van der Waals surface area contributed by atoms with Gasteiger partial charge in [-0.15, -0.1) is 6.58 Å². The molecule has 0 saturated carbocycles. The summed E-state index contributed by atoms with van der Waals surface area (Å²) < 4.78 is 6.94. The molecule has 40 heavy (non-hydrogen) atoms. The molecule has 10 nitrogen and oxygen atoms in total. The lowest BCUT2D eigenvalue weighted by Gasteiger charge is -2.40. The summed E-state index contributed by atoms with van der Waals surface area (Å²) in [5.41, 5.74) is 10.8. The molecule has 0 saturated heterocycles. The number of nitrogens with one attached hydrogen (secondary N) is 1. The van der Waals surface area contributed by atoms with Crippen LogP contribution in [0.1, 0.15) is 48.0 Å². The van der Waals surface area contributed by atoms with Gasteiger partial charge in [0.25, 0.3) is 11.5 Å². The number of carbonyl (C=O) groups excluding carboxylic acids is 3. The van der Waals surface area contributed by atoms with E-state index in [2.05, 4.69) is 17.0 Å². The highest BCUT2D eigenvalue weighted by Gasteiger charge is 2.44. The molecule has 2 aromatic heterocycles. The van der Waals surface area contributed by atoms with E-state index < -0.39 is 17.8 Å². The minimum atomic E-state index is -1.08. The normalized spacial score (nSPS) is 17.1. The first-order chi connectivity index (χ1) is 19.4. The van der Waals surface area contributed by atoms with Gasteiger partial charge in [0.2, 0.25) is 0 Å². The molecule has 2 aliphatic rings. The van der Waals surface area contributed by atoms with Crippen LogP contribution in [0.3, 0.4) is 0 Å². The molecular weight excluding hydrogens is 510 g/mol. The van der Waals surface area contributed by atoms with Gasteiger partial charge in [-0.1, -0.05) is 24.3 Å². The molecule has 1 atom stereocenters. The van der Waals surface area contributed by atoms with Gasteiger partial charge in [-0.05, 0) is 49.4 Å². The number of benzene rings is 1. The highest BCUT2D eigenvalue weighted by molar-refractivity contribution is 6.04. The lowest BCUT2D eigenvalue weighted by atomic mass is 9.75. The molecule has 1 aliphatic heterocycles. The second-order valence-corrected chi connectivity index (χ2v) is 9.46. The van der Waals surface area contributed by atoms with Gasteiger partial charge in [-0.3, -0.25) is 24.8 Å². The molecule has 3 heterocycles. The van der Waals surface area contributed by atoms with Crippen molar-refractivity contribution in [3.63, 3.8) is 0 Å². The molecule has 1 unspecified atom stereocenters. The molecule has 0 spiro atoms. The second kappa shape index (κ2) is 11.0. The number of Topliss-reactive ketones (excluding diaryl/α,β-unsaturated/α-hetero) is 1. The number of aromatic nitrogens is 2. The predicted octanol–water partition coefficient (Wildman–Crippen LogP) is 3.07. The van der Waals surface area contributed by atoms with E-state index in [0.717, 1.165) is 5.39 Å². The number of carbonyl (C=O) groups is 3. The van der Waals surface area contributed by atoms with Crippen molar-refractivity contribution in [2.24, 2.45) is 5.73 Å². The monoisotopic (exact) mass is 539 g/mol. The number of pyridine rings is 2. The molecule has 3 N–H and O–H groups in total. The third-order valence-corrected chi connectivity index (χ3v) is 7.10. The van der Waals surface area contributed by atoms with Gasteiger partial charge in [-0.25, -0.2) is 9.80 Å². The largest absolute Gasteiger partial charge is 0.463 e. The Labute approximate surface area is 230 Å². The summed E-state index contributed by atoms with van der Waals surface area (Å²) in [6.07, 6.45) is 5.72. The summed E-state index contributed by atoms with van der Waals surface area (Å²) in [5.74, 6) is -2.70. The van der Waals surface area contributed by atoms with Gasteiger partial charge >= 0.3 is 5.97 Å². The Morgan fingerprint density at radius 1 is 1.18 bits per heavy atom. The van der Waals surface area contributed by atoms with Gasteiger partial charge in [0.05, 0.1) is 23.6 Å². The predicted molar refractivity (Wildman–Crippen MR) is 148 cm³/mol. The Morgan fingerprint density at radius 3 is 2.65 bits per heavy atom. The number of allylic oxidation sites excluding steroid dienone is 3. The van der Waals surface area contributed by atoms with E-state index in [4.69, 9.17) is 10.5 Å². The first kappa shape index (κ1) is 26.6. The molecule has 0 bridgehead atoms. The molecule has 204 valence electrons. The topological polar surface area (TPSA) is 137 Å². The number of hydrazine groups is 1. The van der Waals surface area contributed by atoms with Crippen LogP contribution >= 0.6 is 0 Å². The Kier molecular flexibility index (Phi) is 7.33. The maximum absolute atomic E-state index is 14.0. The lowest BCUT2D eigenvalue weighted by Crippen LogP contribution is -2.49. The fourth-order valence-electron chi connectivity index (χ4n) is 5.37. The van der Waals surface area contributed by atoms with Gasteiger partial charge in [0.1, 0.15) is 5.82 Å². The number of hydrogen-bond donors (Lipinski definition) is 2. The van der Waals surface area contributed by atoms with Crippen LogP contribution in [0, 0.1) is 0 Å². The Bertz CT molecular complexity index is 1650. The van der Waals surface area contributed by atoms with E-state index in [-0.39, 0.29) is 53.4 Å². The third-order valence-electron chi connectivity index (χ3n) is 7.10. The first-order valence-electron chi connectivity index (χ1n) is 13.0. The second-order valence-electron chi connectivity index (χ2n) is 9.46. The molecule has 0 fully saturated rings.